The van der Waals surface area contributed by atoms with Crippen LogP contribution in [-0.4, -0.2) is 10.4 Å². The zero-order chi connectivity index (χ0) is 14.0. The molecule has 0 bridgehead atoms. The number of benzene rings is 1. The lowest BCUT2D eigenvalue weighted by molar-refractivity contribution is 0.0970. The van der Waals surface area contributed by atoms with E-state index in [4.69, 9.17) is 28.6 Å². The van der Waals surface area contributed by atoms with Crippen LogP contribution >= 0.6 is 23.2 Å². The largest absolute Gasteiger partial charge is 0.325 e. The number of aryl methyl sites for hydroxylation is 1. The Kier molecular flexibility index (Phi) is 4.08. The fourth-order valence-electron chi connectivity index (χ4n) is 1.72. The second kappa shape index (κ2) is 5.59. The van der Waals surface area contributed by atoms with E-state index >= 15 is 0 Å². The number of ketones is 1. The number of carbonyl (C=O) groups excluding carboxylic acids is 1. The van der Waals surface area contributed by atoms with Crippen molar-refractivity contribution in [1.29, 1.82) is 5.41 Å². The van der Waals surface area contributed by atoms with Gasteiger partial charge in [0.05, 0.1) is 16.6 Å². The van der Waals surface area contributed by atoms with Gasteiger partial charge in [0.15, 0.2) is 5.78 Å². The van der Waals surface area contributed by atoms with E-state index in [1.54, 1.807) is 29.0 Å². The molecule has 0 amide bonds. The number of nitrogens with zero attached hydrogens (tertiary/aromatic N) is 1. The van der Waals surface area contributed by atoms with E-state index in [-0.39, 0.29) is 12.3 Å². The lowest BCUT2D eigenvalue weighted by Crippen LogP contribution is -2.25. The van der Waals surface area contributed by atoms with Gasteiger partial charge in [0.1, 0.15) is 5.49 Å². The highest BCUT2D eigenvalue weighted by molar-refractivity contribution is 6.42. The third-order valence-electron chi connectivity index (χ3n) is 2.83. The quantitative estimate of drug-likeness (QED) is 0.866. The SMILES string of the molecule is Cc1cccn(CC(=O)c2ccc(Cl)c(Cl)c2)c1=N. The van der Waals surface area contributed by atoms with E-state index in [0.717, 1.165) is 5.56 Å². The fraction of sp³-hybridized carbons (Fsp3) is 0.143. The molecule has 1 aromatic heterocycles. The van der Waals surface area contributed by atoms with Gasteiger partial charge in [0.25, 0.3) is 0 Å². The Morgan fingerprint density at radius 1 is 1.26 bits per heavy atom. The topological polar surface area (TPSA) is 45.9 Å². The van der Waals surface area contributed by atoms with Crippen molar-refractivity contribution in [3.8, 4) is 0 Å². The summed E-state index contributed by atoms with van der Waals surface area (Å²) >= 11 is 11.7. The second-order valence-corrected chi connectivity index (χ2v) is 5.03. The van der Waals surface area contributed by atoms with Gasteiger partial charge < -0.3 is 4.57 Å². The van der Waals surface area contributed by atoms with E-state index in [1.165, 1.54) is 0 Å². The molecule has 1 heterocycles. The minimum absolute atomic E-state index is 0.109. The number of nitrogens with one attached hydrogen (secondary N) is 1. The highest BCUT2D eigenvalue weighted by Gasteiger charge is 2.09. The molecule has 0 spiro atoms. The highest BCUT2D eigenvalue weighted by Crippen LogP contribution is 2.22. The lowest BCUT2D eigenvalue weighted by Gasteiger charge is -2.08. The summed E-state index contributed by atoms with van der Waals surface area (Å²) < 4.78 is 1.60. The molecule has 2 aromatic rings. The van der Waals surface area contributed by atoms with E-state index in [9.17, 15) is 4.79 Å². The molecular formula is C14H12Cl2N2O. The van der Waals surface area contributed by atoms with E-state index in [2.05, 4.69) is 0 Å². The van der Waals surface area contributed by atoms with Crippen LogP contribution in [0.25, 0.3) is 0 Å². The smallest absolute Gasteiger partial charge is 0.182 e. The molecule has 0 aliphatic heterocycles. The minimum atomic E-state index is -0.109. The molecule has 1 aromatic carbocycles. The molecule has 19 heavy (non-hydrogen) atoms. The maximum absolute atomic E-state index is 12.1. The summed E-state index contributed by atoms with van der Waals surface area (Å²) in [6, 6.07) is 8.43. The number of hydrogen-bond donors (Lipinski definition) is 1. The van der Waals surface area contributed by atoms with Crippen LogP contribution in [0.1, 0.15) is 15.9 Å². The van der Waals surface area contributed by atoms with Crippen LogP contribution < -0.4 is 5.49 Å². The van der Waals surface area contributed by atoms with E-state index in [0.29, 0.717) is 21.1 Å². The van der Waals surface area contributed by atoms with Crippen molar-refractivity contribution in [3.63, 3.8) is 0 Å². The number of aromatic nitrogens is 1. The lowest BCUT2D eigenvalue weighted by atomic mass is 10.1. The Hall–Kier alpha value is -1.58. The van der Waals surface area contributed by atoms with Gasteiger partial charge in [-0.2, -0.15) is 0 Å². The van der Waals surface area contributed by atoms with Crippen LogP contribution in [0, 0.1) is 12.3 Å². The van der Waals surface area contributed by atoms with Gasteiger partial charge in [-0.3, -0.25) is 10.2 Å². The second-order valence-electron chi connectivity index (χ2n) is 4.22. The van der Waals surface area contributed by atoms with Crippen molar-refractivity contribution >= 4 is 29.0 Å². The van der Waals surface area contributed by atoms with Gasteiger partial charge in [-0.15, -0.1) is 0 Å². The Bertz CT molecular complexity index is 692. The number of rotatable bonds is 3. The highest BCUT2D eigenvalue weighted by atomic mass is 35.5. The summed E-state index contributed by atoms with van der Waals surface area (Å²) in [5.41, 5.74) is 1.64. The number of carbonyl (C=O) groups is 1. The molecule has 98 valence electrons. The Morgan fingerprint density at radius 3 is 2.68 bits per heavy atom. The standard InChI is InChI=1S/C14H12Cl2N2O/c1-9-3-2-6-18(14(9)17)8-13(19)10-4-5-11(15)12(16)7-10/h2-7,17H,8H2,1H3. The molecule has 0 unspecified atom stereocenters. The average Bonchev–Trinajstić information content (AvgIpc) is 2.38. The van der Waals surface area contributed by atoms with Crippen molar-refractivity contribution in [1.82, 2.24) is 4.57 Å². The average molecular weight is 295 g/mol. The van der Waals surface area contributed by atoms with Crippen molar-refractivity contribution in [2.24, 2.45) is 0 Å². The first-order chi connectivity index (χ1) is 8.99. The van der Waals surface area contributed by atoms with E-state index < -0.39 is 0 Å². The van der Waals surface area contributed by atoms with Crippen molar-refractivity contribution in [3.05, 3.63) is 63.2 Å². The zero-order valence-corrected chi connectivity index (χ0v) is 11.8. The fourth-order valence-corrected chi connectivity index (χ4v) is 2.02. The third kappa shape index (κ3) is 3.06. The summed E-state index contributed by atoms with van der Waals surface area (Å²) in [4.78, 5) is 12.1. The molecule has 0 radical (unpaired) electrons. The molecule has 0 fully saturated rings. The van der Waals surface area contributed by atoms with Gasteiger partial charge in [-0.05, 0) is 36.8 Å². The molecule has 0 aliphatic carbocycles. The number of halogens is 2. The molecule has 5 heteroatoms. The summed E-state index contributed by atoms with van der Waals surface area (Å²) in [7, 11) is 0. The van der Waals surface area contributed by atoms with Crippen molar-refractivity contribution < 1.29 is 4.79 Å². The predicted octanol–water partition coefficient (Wildman–Crippen LogP) is 3.47. The van der Waals surface area contributed by atoms with Gasteiger partial charge in [0, 0.05) is 11.8 Å². The van der Waals surface area contributed by atoms with E-state index in [1.807, 2.05) is 19.1 Å². The molecule has 0 aliphatic rings. The first-order valence-electron chi connectivity index (χ1n) is 5.68. The molecule has 2 rings (SSSR count). The Labute approximate surface area is 120 Å². The normalized spacial score (nSPS) is 10.5. The monoisotopic (exact) mass is 294 g/mol. The van der Waals surface area contributed by atoms with Crippen molar-refractivity contribution in [2.75, 3.05) is 0 Å². The van der Waals surface area contributed by atoms with Crippen molar-refractivity contribution in [2.45, 2.75) is 13.5 Å². The zero-order valence-electron chi connectivity index (χ0n) is 10.3. The third-order valence-corrected chi connectivity index (χ3v) is 3.57. The molecular weight excluding hydrogens is 283 g/mol. The molecule has 0 atom stereocenters. The van der Waals surface area contributed by atoms with Gasteiger partial charge in [0.2, 0.25) is 0 Å². The summed E-state index contributed by atoms with van der Waals surface area (Å²) in [6.07, 6.45) is 1.71. The van der Waals surface area contributed by atoms with Crippen LogP contribution in [0.4, 0.5) is 0 Å². The Morgan fingerprint density at radius 2 is 2.00 bits per heavy atom. The number of hydrogen-bond acceptors (Lipinski definition) is 2. The number of pyridine rings is 1. The molecule has 3 nitrogen and oxygen atoms in total. The number of Topliss-reactive ketones (excluding diaryl/α,β-unsaturated/α-hetero) is 1. The van der Waals surface area contributed by atoms with Crippen LogP contribution in [0.2, 0.25) is 10.0 Å². The summed E-state index contributed by atoms with van der Waals surface area (Å²) in [5.74, 6) is -0.109. The first kappa shape index (κ1) is 13.8. The maximum atomic E-state index is 12.1. The van der Waals surface area contributed by atoms with Crippen LogP contribution in [0.5, 0.6) is 0 Å². The van der Waals surface area contributed by atoms with Crippen LogP contribution in [0.15, 0.2) is 36.5 Å². The Balaban J connectivity index is 2.28. The van der Waals surface area contributed by atoms with Gasteiger partial charge in [-0.25, -0.2) is 0 Å². The first-order valence-corrected chi connectivity index (χ1v) is 6.43. The van der Waals surface area contributed by atoms with Crippen LogP contribution in [-0.2, 0) is 6.54 Å². The van der Waals surface area contributed by atoms with Gasteiger partial charge in [-0.1, -0.05) is 29.3 Å². The maximum Gasteiger partial charge on any atom is 0.182 e. The minimum Gasteiger partial charge on any atom is -0.325 e. The predicted molar refractivity (Wildman–Crippen MR) is 75.8 cm³/mol. The van der Waals surface area contributed by atoms with Gasteiger partial charge >= 0.3 is 0 Å². The van der Waals surface area contributed by atoms with Crippen LogP contribution in [0.3, 0.4) is 0 Å². The molecule has 0 saturated carbocycles. The molecule has 0 saturated heterocycles. The summed E-state index contributed by atoms with van der Waals surface area (Å²) in [6.45, 7) is 1.95. The molecule has 1 N–H and O–H groups in total. The summed E-state index contributed by atoms with van der Waals surface area (Å²) in [5, 5.41) is 8.66.